The normalized spacial score (nSPS) is 10.7. The highest BCUT2D eigenvalue weighted by atomic mass is 16.1. The summed E-state index contributed by atoms with van der Waals surface area (Å²) in [5.41, 5.74) is 7.96. The number of carbonyl (C=O) groups excluding carboxylic acids is 1. The molecule has 0 atom stereocenters. The number of hydrogen-bond acceptors (Lipinski definition) is 5. The Morgan fingerprint density at radius 1 is 1.27 bits per heavy atom. The Kier molecular flexibility index (Phi) is 5.41. The zero-order chi connectivity index (χ0) is 15.9. The first kappa shape index (κ1) is 15.9. The van der Waals surface area contributed by atoms with Gasteiger partial charge in [-0.1, -0.05) is 13.8 Å². The van der Waals surface area contributed by atoms with Gasteiger partial charge in [-0.2, -0.15) is 0 Å². The fourth-order valence-corrected chi connectivity index (χ4v) is 2.03. The van der Waals surface area contributed by atoms with E-state index in [1.807, 2.05) is 26.0 Å². The first-order valence-electron chi connectivity index (χ1n) is 7.38. The van der Waals surface area contributed by atoms with Crippen LogP contribution in [-0.2, 0) is 6.42 Å². The minimum atomic E-state index is -0.217. The van der Waals surface area contributed by atoms with Gasteiger partial charge in [0.1, 0.15) is 5.69 Å². The van der Waals surface area contributed by atoms with Crippen LogP contribution >= 0.6 is 0 Å². The molecule has 0 spiro atoms. The Morgan fingerprint density at radius 3 is 2.68 bits per heavy atom. The second-order valence-electron chi connectivity index (χ2n) is 5.41. The third kappa shape index (κ3) is 4.51. The van der Waals surface area contributed by atoms with E-state index >= 15 is 0 Å². The van der Waals surface area contributed by atoms with Crippen molar-refractivity contribution in [3.8, 4) is 0 Å². The smallest absolute Gasteiger partial charge is 0.270 e. The van der Waals surface area contributed by atoms with Crippen LogP contribution in [0.25, 0.3) is 0 Å². The quantitative estimate of drug-likeness (QED) is 0.795. The maximum absolute atomic E-state index is 12.1. The summed E-state index contributed by atoms with van der Waals surface area (Å²) in [5.74, 6) is 0.113. The van der Waals surface area contributed by atoms with E-state index in [1.165, 1.54) is 5.56 Å². The zero-order valence-corrected chi connectivity index (χ0v) is 12.9. The molecule has 0 unspecified atom stereocenters. The molecule has 0 saturated heterocycles. The number of pyridine rings is 1. The largest absolute Gasteiger partial charge is 0.368 e. The van der Waals surface area contributed by atoms with E-state index < -0.39 is 0 Å². The van der Waals surface area contributed by atoms with Crippen molar-refractivity contribution in [2.45, 2.75) is 32.6 Å². The highest BCUT2D eigenvalue weighted by molar-refractivity contribution is 5.92. The van der Waals surface area contributed by atoms with Crippen LogP contribution in [0.5, 0.6) is 0 Å². The number of anilines is 1. The van der Waals surface area contributed by atoms with Gasteiger partial charge in [0.15, 0.2) is 0 Å². The molecule has 6 nitrogen and oxygen atoms in total. The number of hydrogen-bond donors (Lipinski definition) is 2. The summed E-state index contributed by atoms with van der Waals surface area (Å²) < 4.78 is 0. The van der Waals surface area contributed by atoms with E-state index in [1.54, 1.807) is 18.5 Å². The second-order valence-corrected chi connectivity index (χ2v) is 5.41. The van der Waals surface area contributed by atoms with Gasteiger partial charge >= 0.3 is 0 Å². The van der Waals surface area contributed by atoms with Gasteiger partial charge in [0.25, 0.3) is 5.91 Å². The van der Waals surface area contributed by atoms with Crippen molar-refractivity contribution >= 4 is 11.9 Å². The molecule has 2 heterocycles. The lowest BCUT2D eigenvalue weighted by Crippen LogP contribution is -2.26. The molecule has 2 aromatic heterocycles. The number of amides is 1. The summed E-state index contributed by atoms with van der Waals surface area (Å²) in [7, 11) is 0. The second kappa shape index (κ2) is 7.49. The van der Waals surface area contributed by atoms with Crippen molar-refractivity contribution in [2.75, 3.05) is 12.3 Å². The summed E-state index contributed by atoms with van der Waals surface area (Å²) >= 11 is 0. The number of nitrogens with two attached hydrogens (primary N) is 1. The summed E-state index contributed by atoms with van der Waals surface area (Å²) in [4.78, 5) is 24.2. The standard InChI is InChI=1S/C16H21N5O/c1-11(2)13-10-14(21-16(17)20-13)15(22)19-7-3-4-12-5-8-18-9-6-12/h5-6,8-11H,3-4,7H2,1-2H3,(H,19,22)(H2,17,20,21). The highest BCUT2D eigenvalue weighted by Crippen LogP contribution is 2.13. The van der Waals surface area contributed by atoms with Gasteiger partial charge in [0, 0.05) is 24.6 Å². The van der Waals surface area contributed by atoms with Crippen LogP contribution in [0.4, 0.5) is 5.95 Å². The fourth-order valence-electron chi connectivity index (χ4n) is 2.03. The molecule has 0 saturated carbocycles. The highest BCUT2D eigenvalue weighted by Gasteiger charge is 2.12. The number of nitrogen functional groups attached to an aromatic ring is 1. The van der Waals surface area contributed by atoms with Crippen LogP contribution in [-0.4, -0.2) is 27.4 Å². The van der Waals surface area contributed by atoms with Gasteiger partial charge in [-0.15, -0.1) is 0 Å². The van der Waals surface area contributed by atoms with Gasteiger partial charge < -0.3 is 11.1 Å². The summed E-state index contributed by atoms with van der Waals surface area (Å²) in [6, 6.07) is 5.64. The van der Waals surface area contributed by atoms with Crippen LogP contribution in [0.3, 0.4) is 0 Å². The third-order valence-corrected chi connectivity index (χ3v) is 3.26. The molecule has 0 aliphatic heterocycles. The van der Waals surface area contributed by atoms with Crippen molar-refractivity contribution in [1.29, 1.82) is 0 Å². The predicted molar refractivity (Wildman–Crippen MR) is 85.4 cm³/mol. The first-order valence-corrected chi connectivity index (χ1v) is 7.38. The van der Waals surface area contributed by atoms with Crippen LogP contribution in [0.15, 0.2) is 30.6 Å². The number of nitrogens with zero attached hydrogens (tertiary/aromatic N) is 3. The molecule has 0 aliphatic carbocycles. The van der Waals surface area contributed by atoms with Crippen LogP contribution in [0.1, 0.15) is 47.9 Å². The first-order chi connectivity index (χ1) is 10.6. The lowest BCUT2D eigenvalue weighted by atomic mass is 10.1. The van der Waals surface area contributed by atoms with Gasteiger partial charge in [-0.25, -0.2) is 9.97 Å². The molecule has 2 aromatic rings. The Hall–Kier alpha value is -2.50. The topological polar surface area (TPSA) is 93.8 Å². The van der Waals surface area contributed by atoms with Crippen LogP contribution in [0, 0.1) is 0 Å². The average Bonchev–Trinajstić information content (AvgIpc) is 2.51. The van der Waals surface area contributed by atoms with Gasteiger partial charge in [0.05, 0.1) is 0 Å². The fraction of sp³-hybridized carbons (Fsp3) is 0.375. The number of carbonyl (C=O) groups is 1. The van der Waals surface area contributed by atoms with E-state index in [0.717, 1.165) is 18.5 Å². The monoisotopic (exact) mass is 299 g/mol. The molecule has 6 heteroatoms. The van der Waals surface area contributed by atoms with Crippen molar-refractivity contribution in [1.82, 2.24) is 20.3 Å². The maximum Gasteiger partial charge on any atom is 0.270 e. The molecule has 22 heavy (non-hydrogen) atoms. The van der Waals surface area contributed by atoms with Crippen LogP contribution in [0.2, 0.25) is 0 Å². The lowest BCUT2D eigenvalue weighted by molar-refractivity contribution is 0.0948. The molecule has 3 N–H and O–H groups in total. The Balaban J connectivity index is 1.87. The average molecular weight is 299 g/mol. The number of rotatable bonds is 6. The van der Waals surface area contributed by atoms with Crippen molar-refractivity contribution in [3.05, 3.63) is 47.5 Å². The summed E-state index contributed by atoms with van der Waals surface area (Å²) in [6.07, 6.45) is 5.29. The molecule has 116 valence electrons. The molecule has 0 bridgehead atoms. The van der Waals surface area contributed by atoms with Crippen molar-refractivity contribution < 1.29 is 4.79 Å². The molecular formula is C16H21N5O. The van der Waals surface area contributed by atoms with E-state index in [0.29, 0.717) is 12.2 Å². The molecule has 0 aromatic carbocycles. The molecule has 0 radical (unpaired) electrons. The lowest BCUT2D eigenvalue weighted by Gasteiger charge is -2.09. The van der Waals surface area contributed by atoms with Gasteiger partial charge in [0.2, 0.25) is 5.95 Å². The summed E-state index contributed by atoms with van der Waals surface area (Å²) in [5, 5.41) is 2.86. The Bertz CT molecular complexity index is 628. The van der Waals surface area contributed by atoms with Crippen molar-refractivity contribution in [2.24, 2.45) is 0 Å². The molecule has 1 amide bonds. The zero-order valence-electron chi connectivity index (χ0n) is 12.9. The molecule has 0 fully saturated rings. The van der Waals surface area contributed by atoms with E-state index in [4.69, 9.17) is 5.73 Å². The molecule has 0 aliphatic rings. The van der Waals surface area contributed by atoms with Crippen molar-refractivity contribution in [3.63, 3.8) is 0 Å². The predicted octanol–water partition coefficient (Wildman–Crippen LogP) is 1.94. The van der Waals surface area contributed by atoms with E-state index in [2.05, 4.69) is 20.3 Å². The van der Waals surface area contributed by atoms with E-state index in [-0.39, 0.29) is 17.8 Å². The van der Waals surface area contributed by atoms with Gasteiger partial charge in [-0.3, -0.25) is 9.78 Å². The van der Waals surface area contributed by atoms with Gasteiger partial charge in [-0.05, 0) is 42.5 Å². The summed E-state index contributed by atoms with van der Waals surface area (Å²) in [6.45, 7) is 4.58. The third-order valence-electron chi connectivity index (χ3n) is 3.26. The Labute approximate surface area is 130 Å². The number of aryl methyl sites for hydroxylation is 1. The molecule has 2 rings (SSSR count). The van der Waals surface area contributed by atoms with Crippen LogP contribution < -0.4 is 11.1 Å². The molecular weight excluding hydrogens is 278 g/mol. The number of nitrogens with one attached hydrogen (secondary N) is 1. The number of aromatic nitrogens is 3. The van der Waals surface area contributed by atoms with E-state index in [9.17, 15) is 4.79 Å². The SMILES string of the molecule is CC(C)c1cc(C(=O)NCCCc2ccncc2)nc(N)n1. The minimum absolute atomic E-state index is 0.133. The minimum Gasteiger partial charge on any atom is -0.368 e. The maximum atomic E-state index is 12.1. The Morgan fingerprint density at radius 2 is 2.00 bits per heavy atom.